The van der Waals surface area contributed by atoms with E-state index in [1.165, 1.54) is 0 Å². The lowest BCUT2D eigenvalue weighted by Gasteiger charge is -2.30. The Labute approximate surface area is 162 Å². The maximum Gasteiger partial charge on any atom is 0.265 e. The molecule has 3 rings (SSSR count). The van der Waals surface area contributed by atoms with Gasteiger partial charge in [-0.3, -0.25) is 9.59 Å². The first-order valence-electron chi connectivity index (χ1n) is 8.33. The van der Waals surface area contributed by atoms with E-state index in [1.54, 1.807) is 47.4 Å². The van der Waals surface area contributed by atoms with E-state index in [4.69, 9.17) is 21.1 Å². The molecule has 0 unspecified atom stereocenters. The molecule has 7 heteroatoms. The number of para-hydroxylation sites is 1. The molecule has 27 heavy (non-hydrogen) atoms. The Morgan fingerprint density at radius 2 is 2.11 bits per heavy atom. The van der Waals surface area contributed by atoms with Gasteiger partial charge in [-0.15, -0.1) is 0 Å². The Morgan fingerprint density at radius 3 is 2.85 bits per heavy atom. The molecule has 0 bridgehead atoms. The minimum Gasteiger partial charge on any atom is -0.482 e. The summed E-state index contributed by atoms with van der Waals surface area (Å²) in [6, 6.07) is 12.1. The van der Waals surface area contributed by atoms with Gasteiger partial charge in [-0.25, -0.2) is 0 Å². The number of anilines is 2. The van der Waals surface area contributed by atoms with Gasteiger partial charge in [0.1, 0.15) is 11.5 Å². The second kappa shape index (κ2) is 8.14. The van der Waals surface area contributed by atoms with Gasteiger partial charge in [-0.2, -0.15) is 0 Å². The Morgan fingerprint density at radius 1 is 1.33 bits per heavy atom. The number of fused-ring (bicyclic) bond motifs is 1. The van der Waals surface area contributed by atoms with Crippen LogP contribution in [0, 0.1) is 0 Å². The zero-order valence-corrected chi connectivity index (χ0v) is 15.6. The van der Waals surface area contributed by atoms with Crippen molar-refractivity contribution in [2.45, 2.75) is 6.92 Å². The smallest absolute Gasteiger partial charge is 0.265 e. The van der Waals surface area contributed by atoms with E-state index in [9.17, 15) is 9.59 Å². The lowest BCUT2D eigenvalue weighted by atomic mass is 10.2. The number of ether oxygens (including phenoxy) is 2. The highest BCUT2D eigenvalue weighted by molar-refractivity contribution is 6.32. The molecule has 0 fully saturated rings. The standard InChI is InChI=1S/C20H19ClN2O4/c1-13(2)10-23-16-9-14(7-8-18(16)27-12-20(23)25)22-19(24)11-26-17-6-4-3-5-15(17)21/h3-9H,1,10-12H2,2H3,(H,22,24). The predicted octanol–water partition coefficient (Wildman–Crippen LogP) is 3.66. The second-order valence-corrected chi connectivity index (χ2v) is 6.58. The average molecular weight is 387 g/mol. The van der Waals surface area contributed by atoms with E-state index in [2.05, 4.69) is 11.9 Å². The highest BCUT2D eigenvalue weighted by Gasteiger charge is 2.25. The van der Waals surface area contributed by atoms with Gasteiger partial charge in [0.05, 0.1) is 10.7 Å². The molecule has 0 atom stereocenters. The van der Waals surface area contributed by atoms with Crippen LogP contribution in [0.5, 0.6) is 11.5 Å². The molecule has 1 aliphatic heterocycles. The Hall–Kier alpha value is -2.99. The van der Waals surface area contributed by atoms with Crippen LogP contribution in [-0.4, -0.2) is 31.6 Å². The summed E-state index contributed by atoms with van der Waals surface area (Å²) in [5.41, 5.74) is 1.98. The summed E-state index contributed by atoms with van der Waals surface area (Å²) in [5, 5.41) is 3.18. The first-order chi connectivity index (χ1) is 12.9. The molecular weight excluding hydrogens is 368 g/mol. The van der Waals surface area contributed by atoms with Crippen LogP contribution >= 0.6 is 11.6 Å². The van der Waals surface area contributed by atoms with Crippen molar-refractivity contribution in [3.63, 3.8) is 0 Å². The fraction of sp³-hybridized carbons (Fsp3) is 0.200. The summed E-state index contributed by atoms with van der Waals surface area (Å²) in [6.07, 6.45) is 0. The Balaban J connectivity index is 1.70. The van der Waals surface area contributed by atoms with Gasteiger partial charge >= 0.3 is 0 Å². The van der Waals surface area contributed by atoms with Crippen molar-refractivity contribution < 1.29 is 19.1 Å². The second-order valence-electron chi connectivity index (χ2n) is 6.18. The van der Waals surface area contributed by atoms with Gasteiger partial charge in [0.15, 0.2) is 13.2 Å². The maximum atomic E-state index is 12.2. The van der Waals surface area contributed by atoms with E-state index in [0.29, 0.717) is 34.4 Å². The van der Waals surface area contributed by atoms with E-state index < -0.39 is 0 Å². The third-order valence-corrected chi connectivity index (χ3v) is 4.12. The number of hydrogen-bond acceptors (Lipinski definition) is 4. The number of rotatable bonds is 6. The molecule has 0 aromatic heterocycles. The topological polar surface area (TPSA) is 67.9 Å². The molecule has 0 saturated heterocycles. The lowest BCUT2D eigenvalue weighted by molar-refractivity contribution is -0.121. The summed E-state index contributed by atoms with van der Waals surface area (Å²) >= 11 is 6.00. The lowest BCUT2D eigenvalue weighted by Crippen LogP contribution is -2.39. The zero-order chi connectivity index (χ0) is 19.4. The van der Waals surface area contributed by atoms with Crippen LogP contribution in [-0.2, 0) is 9.59 Å². The van der Waals surface area contributed by atoms with Crippen molar-refractivity contribution in [3.05, 3.63) is 59.6 Å². The minimum absolute atomic E-state index is 0.0162. The van der Waals surface area contributed by atoms with Crippen molar-refractivity contribution in [3.8, 4) is 11.5 Å². The predicted molar refractivity (Wildman–Crippen MR) is 105 cm³/mol. The maximum absolute atomic E-state index is 12.2. The number of carbonyl (C=O) groups is 2. The fourth-order valence-electron chi connectivity index (χ4n) is 2.63. The van der Waals surface area contributed by atoms with Gasteiger partial charge in [0.25, 0.3) is 11.8 Å². The Kier molecular flexibility index (Phi) is 5.66. The molecule has 0 radical (unpaired) electrons. The first kappa shape index (κ1) is 18.8. The molecule has 1 aliphatic rings. The molecular formula is C20H19ClN2O4. The van der Waals surface area contributed by atoms with Crippen LogP contribution in [0.15, 0.2) is 54.6 Å². The third kappa shape index (κ3) is 4.60. The summed E-state index contributed by atoms with van der Waals surface area (Å²) in [4.78, 5) is 25.9. The van der Waals surface area contributed by atoms with Gasteiger partial charge in [-0.1, -0.05) is 35.9 Å². The molecule has 0 spiro atoms. The Bertz CT molecular complexity index is 897. The zero-order valence-electron chi connectivity index (χ0n) is 14.8. The molecule has 2 aromatic carbocycles. The number of halogens is 1. The number of benzene rings is 2. The van der Waals surface area contributed by atoms with Crippen molar-refractivity contribution in [1.82, 2.24) is 0 Å². The van der Waals surface area contributed by atoms with Crippen LogP contribution in [0.4, 0.5) is 11.4 Å². The first-order valence-corrected chi connectivity index (χ1v) is 8.70. The van der Waals surface area contributed by atoms with Crippen LogP contribution in [0.25, 0.3) is 0 Å². The van der Waals surface area contributed by atoms with E-state index in [1.807, 2.05) is 6.92 Å². The molecule has 1 heterocycles. The van der Waals surface area contributed by atoms with E-state index in [-0.39, 0.29) is 25.0 Å². The summed E-state index contributed by atoms with van der Waals surface area (Å²) in [5.74, 6) is 0.521. The summed E-state index contributed by atoms with van der Waals surface area (Å²) in [7, 11) is 0. The van der Waals surface area contributed by atoms with Crippen molar-refractivity contribution in [2.24, 2.45) is 0 Å². The SMILES string of the molecule is C=C(C)CN1C(=O)COc2ccc(NC(=O)COc3ccccc3Cl)cc21. The number of nitrogens with zero attached hydrogens (tertiary/aromatic N) is 1. The minimum atomic E-state index is -0.343. The van der Waals surface area contributed by atoms with E-state index >= 15 is 0 Å². The van der Waals surface area contributed by atoms with Crippen LogP contribution < -0.4 is 19.7 Å². The molecule has 1 N–H and O–H groups in total. The molecule has 0 saturated carbocycles. The summed E-state index contributed by atoms with van der Waals surface area (Å²) < 4.78 is 10.9. The fourth-order valence-corrected chi connectivity index (χ4v) is 2.82. The summed E-state index contributed by atoms with van der Waals surface area (Å²) in [6.45, 7) is 5.89. The number of amides is 2. The van der Waals surface area contributed by atoms with Crippen molar-refractivity contribution in [1.29, 1.82) is 0 Å². The van der Waals surface area contributed by atoms with Crippen LogP contribution in [0.3, 0.4) is 0 Å². The van der Waals surface area contributed by atoms with Crippen LogP contribution in [0.2, 0.25) is 5.02 Å². The molecule has 6 nitrogen and oxygen atoms in total. The number of hydrogen-bond donors (Lipinski definition) is 1. The molecule has 2 aromatic rings. The molecule has 140 valence electrons. The normalized spacial score (nSPS) is 12.8. The number of nitrogens with one attached hydrogen (secondary N) is 1. The van der Waals surface area contributed by atoms with E-state index in [0.717, 1.165) is 5.57 Å². The quantitative estimate of drug-likeness (QED) is 0.769. The average Bonchev–Trinajstić information content (AvgIpc) is 2.63. The largest absolute Gasteiger partial charge is 0.482 e. The third-order valence-electron chi connectivity index (χ3n) is 3.81. The number of carbonyl (C=O) groups excluding carboxylic acids is 2. The molecule has 0 aliphatic carbocycles. The van der Waals surface area contributed by atoms with Gasteiger partial charge in [0, 0.05) is 12.2 Å². The molecule has 2 amide bonds. The van der Waals surface area contributed by atoms with Gasteiger partial charge < -0.3 is 19.7 Å². The van der Waals surface area contributed by atoms with Crippen LogP contribution in [0.1, 0.15) is 6.92 Å². The van der Waals surface area contributed by atoms with Gasteiger partial charge in [0.2, 0.25) is 0 Å². The monoisotopic (exact) mass is 386 g/mol. The van der Waals surface area contributed by atoms with Crippen molar-refractivity contribution >= 4 is 34.8 Å². The van der Waals surface area contributed by atoms with Gasteiger partial charge in [-0.05, 0) is 37.3 Å². The van der Waals surface area contributed by atoms with Crippen molar-refractivity contribution in [2.75, 3.05) is 30.0 Å². The highest BCUT2D eigenvalue weighted by Crippen LogP contribution is 2.35. The highest BCUT2D eigenvalue weighted by atomic mass is 35.5.